The van der Waals surface area contributed by atoms with Crippen LogP contribution >= 0.6 is 0 Å². The van der Waals surface area contributed by atoms with Gasteiger partial charge >= 0.3 is 0 Å². The Morgan fingerprint density at radius 1 is 1.40 bits per heavy atom. The number of likely N-dealkylation sites (tertiary alicyclic amines) is 1. The van der Waals surface area contributed by atoms with Crippen LogP contribution in [0.2, 0.25) is 0 Å². The molecule has 4 heteroatoms. The van der Waals surface area contributed by atoms with E-state index in [1.807, 2.05) is 4.90 Å². The zero-order chi connectivity index (χ0) is 14.4. The molecule has 1 aromatic rings. The van der Waals surface area contributed by atoms with Gasteiger partial charge in [0.05, 0.1) is 6.10 Å². The van der Waals surface area contributed by atoms with Crippen molar-refractivity contribution in [2.75, 3.05) is 20.2 Å². The van der Waals surface area contributed by atoms with E-state index in [1.54, 1.807) is 19.2 Å². The average Bonchev–Trinajstić information content (AvgIpc) is 2.49. The molecule has 0 unspecified atom stereocenters. The van der Waals surface area contributed by atoms with Gasteiger partial charge in [0.2, 0.25) is 5.91 Å². The maximum Gasteiger partial charge on any atom is 0.222 e. The van der Waals surface area contributed by atoms with Gasteiger partial charge in [-0.25, -0.2) is 4.39 Å². The van der Waals surface area contributed by atoms with Crippen LogP contribution in [-0.2, 0) is 16.0 Å². The van der Waals surface area contributed by atoms with Crippen molar-refractivity contribution >= 4 is 5.91 Å². The van der Waals surface area contributed by atoms with Crippen LogP contribution in [0.5, 0.6) is 0 Å². The monoisotopic (exact) mass is 279 g/mol. The highest BCUT2D eigenvalue weighted by atomic mass is 19.1. The van der Waals surface area contributed by atoms with Crippen molar-refractivity contribution in [2.45, 2.75) is 38.2 Å². The number of hydrogen-bond donors (Lipinski definition) is 0. The molecule has 0 spiro atoms. The van der Waals surface area contributed by atoms with Crippen LogP contribution in [-0.4, -0.2) is 37.1 Å². The maximum atomic E-state index is 12.8. The molecule has 110 valence electrons. The summed E-state index contributed by atoms with van der Waals surface area (Å²) in [5.41, 5.74) is 1.08. The first-order valence-corrected chi connectivity index (χ1v) is 7.24. The first-order chi connectivity index (χ1) is 9.69. The first kappa shape index (κ1) is 15.0. The fourth-order valence-electron chi connectivity index (χ4n) is 2.61. The lowest BCUT2D eigenvalue weighted by molar-refractivity contribution is -0.134. The zero-order valence-corrected chi connectivity index (χ0v) is 12.0. The highest BCUT2D eigenvalue weighted by Crippen LogP contribution is 2.15. The van der Waals surface area contributed by atoms with Gasteiger partial charge in [-0.05, 0) is 43.4 Å². The molecule has 20 heavy (non-hydrogen) atoms. The highest BCUT2D eigenvalue weighted by Gasteiger charge is 2.22. The molecule has 3 nitrogen and oxygen atoms in total. The number of benzene rings is 1. The molecule has 0 N–H and O–H groups in total. The second-order valence-electron chi connectivity index (χ2n) is 5.32. The number of amides is 1. The fourth-order valence-corrected chi connectivity index (χ4v) is 2.61. The predicted molar refractivity (Wildman–Crippen MR) is 75.9 cm³/mol. The van der Waals surface area contributed by atoms with Gasteiger partial charge in [-0.3, -0.25) is 4.79 Å². The Kier molecular flexibility index (Phi) is 5.53. The molecule has 1 fully saturated rings. The van der Waals surface area contributed by atoms with E-state index >= 15 is 0 Å². The van der Waals surface area contributed by atoms with E-state index in [-0.39, 0.29) is 17.8 Å². The molecular weight excluding hydrogens is 257 g/mol. The number of nitrogens with zero attached hydrogens (tertiary/aromatic N) is 1. The third-order valence-corrected chi connectivity index (χ3v) is 3.83. The van der Waals surface area contributed by atoms with Gasteiger partial charge in [-0.15, -0.1) is 0 Å². The third kappa shape index (κ3) is 4.30. The molecule has 0 saturated carbocycles. The number of aryl methyl sites for hydroxylation is 1. The summed E-state index contributed by atoms with van der Waals surface area (Å²) in [6.45, 7) is 1.56. The van der Waals surface area contributed by atoms with E-state index in [0.717, 1.165) is 37.8 Å². The summed E-state index contributed by atoms with van der Waals surface area (Å²) in [6, 6.07) is 6.49. The largest absolute Gasteiger partial charge is 0.380 e. The molecular formula is C16H22FNO2. The van der Waals surface area contributed by atoms with E-state index < -0.39 is 0 Å². The SMILES string of the molecule is CO[C@H]1CCCN(C(=O)CCCc2ccc(F)cc2)C1. The molecule has 1 heterocycles. The fraction of sp³-hybridized carbons (Fsp3) is 0.562. The molecule has 0 aromatic heterocycles. The van der Waals surface area contributed by atoms with Gasteiger partial charge in [0.25, 0.3) is 0 Å². The Balaban J connectivity index is 1.73. The highest BCUT2D eigenvalue weighted by molar-refractivity contribution is 5.76. The summed E-state index contributed by atoms with van der Waals surface area (Å²) in [4.78, 5) is 14.0. The molecule has 1 aliphatic rings. The molecule has 1 amide bonds. The van der Waals surface area contributed by atoms with E-state index in [0.29, 0.717) is 13.0 Å². The minimum Gasteiger partial charge on any atom is -0.380 e. The van der Waals surface area contributed by atoms with E-state index in [2.05, 4.69) is 0 Å². The van der Waals surface area contributed by atoms with Gasteiger partial charge < -0.3 is 9.64 Å². The minimum atomic E-state index is -0.219. The van der Waals surface area contributed by atoms with E-state index in [4.69, 9.17) is 4.74 Å². The summed E-state index contributed by atoms with van der Waals surface area (Å²) < 4.78 is 18.1. The Morgan fingerprint density at radius 2 is 2.15 bits per heavy atom. The zero-order valence-electron chi connectivity index (χ0n) is 12.0. The topological polar surface area (TPSA) is 29.5 Å². The number of carbonyl (C=O) groups excluding carboxylic acids is 1. The summed E-state index contributed by atoms with van der Waals surface area (Å²) in [5, 5.41) is 0. The van der Waals surface area contributed by atoms with Crippen molar-refractivity contribution in [3.05, 3.63) is 35.6 Å². The number of methoxy groups -OCH3 is 1. The van der Waals surface area contributed by atoms with Crippen molar-refractivity contribution in [1.29, 1.82) is 0 Å². The first-order valence-electron chi connectivity index (χ1n) is 7.24. The third-order valence-electron chi connectivity index (χ3n) is 3.83. The number of rotatable bonds is 5. The lowest BCUT2D eigenvalue weighted by Crippen LogP contribution is -2.42. The van der Waals surface area contributed by atoms with Crippen LogP contribution in [0.25, 0.3) is 0 Å². The summed E-state index contributed by atoms with van der Waals surface area (Å²) in [6.07, 6.45) is 4.41. The van der Waals surface area contributed by atoms with E-state index in [1.165, 1.54) is 12.1 Å². The van der Waals surface area contributed by atoms with Gasteiger partial charge in [-0.1, -0.05) is 12.1 Å². The van der Waals surface area contributed by atoms with Gasteiger partial charge in [0.15, 0.2) is 0 Å². The number of halogens is 1. The number of hydrogen-bond acceptors (Lipinski definition) is 2. The number of carbonyl (C=O) groups is 1. The summed E-state index contributed by atoms with van der Waals surface area (Å²) in [7, 11) is 1.70. The van der Waals surface area contributed by atoms with Crippen molar-refractivity contribution < 1.29 is 13.9 Å². The molecule has 1 saturated heterocycles. The normalized spacial score (nSPS) is 19.1. The van der Waals surface area contributed by atoms with Gasteiger partial charge in [0.1, 0.15) is 5.82 Å². The van der Waals surface area contributed by atoms with Gasteiger partial charge in [0, 0.05) is 26.6 Å². The van der Waals surface area contributed by atoms with Crippen molar-refractivity contribution in [1.82, 2.24) is 4.90 Å². The average molecular weight is 279 g/mol. The second-order valence-corrected chi connectivity index (χ2v) is 5.32. The molecule has 1 aliphatic heterocycles. The Bertz CT molecular complexity index is 433. The maximum absolute atomic E-state index is 12.8. The molecule has 0 radical (unpaired) electrons. The van der Waals surface area contributed by atoms with Crippen LogP contribution in [0, 0.1) is 5.82 Å². The predicted octanol–water partition coefficient (Wildman–Crippen LogP) is 2.79. The quantitative estimate of drug-likeness (QED) is 0.829. The van der Waals surface area contributed by atoms with Crippen LogP contribution < -0.4 is 0 Å². The lowest BCUT2D eigenvalue weighted by Gasteiger charge is -2.32. The molecule has 1 aromatic carbocycles. The minimum absolute atomic E-state index is 0.185. The van der Waals surface area contributed by atoms with Crippen LogP contribution in [0.3, 0.4) is 0 Å². The van der Waals surface area contributed by atoms with Gasteiger partial charge in [-0.2, -0.15) is 0 Å². The van der Waals surface area contributed by atoms with Crippen LogP contribution in [0.4, 0.5) is 4.39 Å². The number of ether oxygens (including phenoxy) is 1. The molecule has 2 rings (SSSR count). The Hall–Kier alpha value is -1.42. The smallest absolute Gasteiger partial charge is 0.222 e. The second kappa shape index (κ2) is 7.39. The summed E-state index contributed by atoms with van der Waals surface area (Å²) >= 11 is 0. The molecule has 0 bridgehead atoms. The van der Waals surface area contributed by atoms with Crippen molar-refractivity contribution in [3.63, 3.8) is 0 Å². The lowest BCUT2D eigenvalue weighted by atomic mass is 10.1. The standard InChI is InChI=1S/C16H22FNO2/c1-20-15-5-3-11-18(12-15)16(19)6-2-4-13-7-9-14(17)10-8-13/h7-10,15H,2-6,11-12H2,1H3/t15-/m0/s1. The Morgan fingerprint density at radius 3 is 2.85 bits per heavy atom. The van der Waals surface area contributed by atoms with E-state index in [9.17, 15) is 9.18 Å². The summed E-state index contributed by atoms with van der Waals surface area (Å²) in [5.74, 6) is -0.0161. The molecule has 0 aliphatic carbocycles. The van der Waals surface area contributed by atoms with Crippen molar-refractivity contribution in [2.24, 2.45) is 0 Å². The van der Waals surface area contributed by atoms with Crippen molar-refractivity contribution in [3.8, 4) is 0 Å². The number of piperidine rings is 1. The van der Waals surface area contributed by atoms with Crippen LogP contribution in [0.1, 0.15) is 31.2 Å². The Labute approximate surface area is 119 Å². The van der Waals surface area contributed by atoms with Crippen LogP contribution in [0.15, 0.2) is 24.3 Å². The molecule has 1 atom stereocenters.